The molecule has 4 aromatic rings. The number of hydrogen-bond acceptors (Lipinski definition) is 6. The van der Waals surface area contributed by atoms with Crippen LogP contribution < -0.4 is 0 Å². The van der Waals surface area contributed by atoms with E-state index in [9.17, 15) is 9.59 Å². The third-order valence-corrected chi connectivity index (χ3v) is 8.43. The Labute approximate surface area is 280 Å². The summed E-state index contributed by atoms with van der Waals surface area (Å²) in [4.78, 5) is 45.2. The standard InChI is InChI=1S/C36H41ClN6O4/c1-35(2,3)46-33(44)42-17-7-9-29(42)31-38-21-28(41-31)23-14-11-22(12-15-23)13-16-24-19-26-27(20-25(24)37)40-32(39-26)30-10-8-18-43(30)34(45)47-36(4,5)6/h11-12,14-15,19-21,29-30H,7-10,17-18H2,1-6H3,(H,38,41)(H,39,40). The van der Waals surface area contributed by atoms with Crippen molar-refractivity contribution in [1.82, 2.24) is 29.7 Å². The lowest BCUT2D eigenvalue weighted by molar-refractivity contribution is 0.0208. The third kappa shape index (κ3) is 7.41. The second-order valence-electron chi connectivity index (χ2n) is 14.1. The Hall–Kier alpha value is -4.49. The number of aromatic nitrogens is 4. The maximum Gasteiger partial charge on any atom is 0.410 e. The first-order valence-electron chi connectivity index (χ1n) is 16.1. The summed E-state index contributed by atoms with van der Waals surface area (Å²) in [6.07, 6.45) is 4.58. The molecule has 11 heteroatoms. The number of rotatable bonds is 3. The molecule has 2 aliphatic heterocycles. The number of halogens is 1. The molecule has 2 aliphatic rings. The molecule has 0 bridgehead atoms. The first-order valence-corrected chi connectivity index (χ1v) is 16.5. The van der Waals surface area contributed by atoms with E-state index in [0.29, 0.717) is 29.5 Å². The molecule has 2 atom stereocenters. The van der Waals surface area contributed by atoms with Crippen LogP contribution >= 0.6 is 11.6 Å². The number of fused-ring (bicyclic) bond motifs is 1. The average molecular weight is 657 g/mol. The first kappa shape index (κ1) is 32.5. The number of nitrogens with zero attached hydrogens (tertiary/aromatic N) is 4. The molecule has 2 unspecified atom stereocenters. The molecule has 2 saturated heterocycles. The van der Waals surface area contributed by atoms with Gasteiger partial charge in [0.1, 0.15) is 22.9 Å². The fraction of sp³-hybridized carbons (Fsp3) is 0.444. The molecule has 2 aromatic carbocycles. The van der Waals surface area contributed by atoms with Crippen LogP contribution in [-0.2, 0) is 9.47 Å². The van der Waals surface area contributed by atoms with Crippen molar-refractivity contribution in [2.24, 2.45) is 0 Å². The fourth-order valence-corrected chi connectivity index (χ4v) is 6.22. The van der Waals surface area contributed by atoms with Crippen LogP contribution in [0.3, 0.4) is 0 Å². The van der Waals surface area contributed by atoms with Gasteiger partial charge >= 0.3 is 12.2 Å². The van der Waals surface area contributed by atoms with Crippen molar-refractivity contribution in [3.8, 4) is 23.1 Å². The second kappa shape index (κ2) is 12.6. The van der Waals surface area contributed by atoms with Crippen LogP contribution in [0.5, 0.6) is 0 Å². The van der Waals surface area contributed by atoms with Crippen LogP contribution in [0.1, 0.15) is 102 Å². The molecule has 246 valence electrons. The molecule has 2 N–H and O–H groups in total. The number of likely N-dealkylation sites (tertiary alicyclic amines) is 2. The van der Waals surface area contributed by atoms with E-state index in [2.05, 4.69) is 26.8 Å². The van der Waals surface area contributed by atoms with Gasteiger partial charge in [0, 0.05) is 24.2 Å². The zero-order valence-corrected chi connectivity index (χ0v) is 28.5. The Bertz CT molecular complexity index is 1850. The third-order valence-electron chi connectivity index (χ3n) is 8.11. The Morgan fingerprint density at radius 2 is 1.45 bits per heavy atom. The van der Waals surface area contributed by atoms with Gasteiger partial charge in [-0.2, -0.15) is 0 Å². The summed E-state index contributed by atoms with van der Waals surface area (Å²) in [5, 5.41) is 0.507. The van der Waals surface area contributed by atoms with Crippen molar-refractivity contribution < 1.29 is 19.1 Å². The van der Waals surface area contributed by atoms with Crippen molar-refractivity contribution in [3.63, 3.8) is 0 Å². The van der Waals surface area contributed by atoms with E-state index in [1.165, 1.54) is 0 Å². The topological polar surface area (TPSA) is 116 Å². The van der Waals surface area contributed by atoms with Gasteiger partial charge in [-0.05, 0) is 97.1 Å². The van der Waals surface area contributed by atoms with Gasteiger partial charge in [0.25, 0.3) is 0 Å². The van der Waals surface area contributed by atoms with E-state index in [4.69, 9.17) is 26.1 Å². The predicted octanol–water partition coefficient (Wildman–Crippen LogP) is 8.15. The summed E-state index contributed by atoms with van der Waals surface area (Å²) in [7, 11) is 0. The SMILES string of the molecule is CC(C)(C)OC(=O)N1CCCC1c1ncc(-c2ccc(C#Cc3cc4[nH]c(C5CCCN5C(=O)OC(C)(C)C)nc4cc3Cl)cc2)[nH]1. The van der Waals surface area contributed by atoms with Gasteiger partial charge in [-0.1, -0.05) is 35.6 Å². The average Bonchev–Trinajstić information content (AvgIpc) is 3.80. The highest BCUT2D eigenvalue weighted by Crippen LogP contribution is 2.35. The Balaban J connectivity index is 1.15. The zero-order chi connectivity index (χ0) is 33.5. The lowest BCUT2D eigenvalue weighted by Crippen LogP contribution is -2.36. The van der Waals surface area contributed by atoms with Gasteiger partial charge in [0.2, 0.25) is 0 Å². The molecular weight excluding hydrogens is 616 g/mol. The molecule has 0 saturated carbocycles. The Morgan fingerprint density at radius 3 is 2.04 bits per heavy atom. The highest BCUT2D eigenvalue weighted by Gasteiger charge is 2.36. The number of imidazole rings is 2. The van der Waals surface area contributed by atoms with Crippen LogP contribution in [-0.4, -0.2) is 66.2 Å². The van der Waals surface area contributed by atoms with Crippen molar-refractivity contribution in [1.29, 1.82) is 0 Å². The minimum atomic E-state index is -0.565. The number of carbonyl (C=O) groups excluding carboxylic acids is 2. The summed E-state index contributed by atoms with van der Waals surface area (Å²) >= 11 is 6.63. The molecule has 0 spiro atoms. The molecular formula is C36H41ClN6O4. The maximum atomic E-state index is 12.8. The number of nitrogens with one attached hydrogen (secondary N) is 2. The highest BCUT2D eigenvalue weighted by molar-refractivity contribution is 6.32. The summed E-state index contributed by atoms with van der Waals surface area (Å²) in [5.74, 6) is 7.89. The largest absolute Gasteiger partial charge is 0.444 e. The molecule has 2 aromatic heterocycles. The number of H-pyrrole nitrogens is 2. The normalized spacial score (nSPS) is 18.4. The van der Waals surface area contributed by atoms with Gasteiger partial charge < -0.3 is 19.4 Å². The van der Waals surface area contributed by atoms with Crippen molar-refractivity contribution in [2.45, 2.75) is 90.5 Å². The smallest absolute Gasteiger partial charge is 0.410 e. The Kier molecular flexibility index (Phi) is 8.70. The van der Waals surface area contributed by atoms with Gasteiger partial charge in [-0.15, -0.1) is 0 Å². The molecule has 2 amide bonds. The monoisotopic (exact) mass is 656 g/mol. The minimum Gasteiger partial charge on any atom is -0.444 e. The van der Waals surface area contributed by atoms with Gasteiger partial charge in [-0.3, -0.25) is 9.80 Å². The van der Waals surface area contributed by atoms with Crippen molar-refractivity contribution >= 4 is 34.8 Å². The number of carbonyl (C=O) groups is 2. The molecule has 2 fully saturated rings. The van der Waals surface area contributed by atoms with Gasteiger partial charge in [0.05, 0.1) is 40.0 Å². The molecule has 4 heterocycles. The van der Waals surface area contributed by atoms with Crippen LogP contribution in [0.15, 0.2) is 42.6 Å². The quantitative estimate of drug-likeness (QED) is 0.215. The van der Waals surface area contributed by atoms with Crippen molar-refractivity contribution in [2.75, 3.05) is 13.1 Å². The van der Waals surface area contributed by atoms with Gasteiger partial charge in [-0.25, -0.2) is 19.6 Å². The van der Waals surface area contributed by atoms with Crippen LogP contribution in [0.2, 0.25) is 5.02 Å². The van der Waals surface area contributed by atoms with Crippen molar-refractivity contribution in [3.05, 3.63) is 70.4 Å². The summed E-state index contributed by atoms with van der Waals surface area (Å²) < 4.78 is 11.2. The number of amides is 2. The minimum absolute atomic E-state index is 0.140. The van der Waals surface area contributed by atoms with E-state index in [0.717, 1.165) is 59.4 Å². The summed E-state index contributed by atoms with van der Waals surface area (Å²) in [6, 6.07) is 11.3. The number of hydrogen-bond donors (Lipinski definition) is 2. The van der Waals surface area contributed by atoms with E-state index in [-0.39, 0.29) is 24.3 Å². The lowest BCUT2D eigenvalue weighted by Gasteiger charge is -2.27. The summed E-state index contributed by atoms with van der Waals surface area (Å²) in [5.41, 5.74) is 3.76. The lowest BCUT2D eigenvalue weighted by atomic mass is 10.1. The highest BCUT2D eigenvalue weighted by atomic mass is 35.5. The number of ether oxygens (including phenoxy) is 2. The van der Waals surface area contributed by atoms with E-state index in [1.54, 1.807) is 22.1 Å². The molecule has 0 radical (unpaired) electrons. The number of benzene rings is 2. The Morgan fingerprint density at radius 1 is 0.851 bits per heavy atom. The second-order valence-corrected chi connectivity index (χ2v) is 14.6. The van der Waals surface area contributed by atoms with Crippen LogP contribution in [0.4, 0.5) is 9.59 Å². The summed E-state index contributed by atoms with van der Waals surface area (Å²) in [6.45, 7) is 12.5. The molecule has 47 heavy (non-hydrogen) atoms. The van der Waals surface area contributed by atoms with Crippen LogP contribution in [0.25, 0.3) is 22.3 Å². The molecule has 0 aliphatic carbocycles. The van der Waals surface area contributed by atoms with E-state index >= 15 is 0 Å². The maximum absolute atomic E-state index is 12.8. The number of aromatic amines is 2. The first-order chi connectivity index (χ1) is 22.2. The van der Waals surface area contributed by atoms with E-state index < -0.39 is 11.2 Å². The van der Waals surface area contributed by atoms with E-state index in [1.807, 2.05) is 71.9 Å². The molecule has 10 nitrogen and oxygen atoms in total. The molecule has 6 rings (SSSR count). The predicted molar refractivity (Wildman–Crippen MR) is 181 cm³/mol. The zero-order valence-electron chi connectivity index (χ0n) is 27.7. The van der Waals surface area contributed by atoms with Crippen LogP contribution in [0, 0.1) is 11.8 Å². The fourth-order valence-electron chi connectivity index (χ4n) is 6.01. The van der Waals surface area contributed by atoms with Gasteiger partial charge in [0.15, 0.2) is 0 Å².